The molecule has 20 heavy (non-hydrogen) atoms. The molecule has 2 unspecified atom stereocenters. The van der Waals surface area contributed by atoms with Crippen molar-refractivity contribution in [3.05, 3.63) is 71.3 Å². The molecular weight excluding hydrogens is 262 g/mol. The first-order chi connectivity index (χ1) is 9.67. The highest BCUT2D eigenvalue weighted by Crippen LogP contribution is 2.31. The van der Waals surface area contributed by atoms with Gasteiger partial charge in [-0.25, -0.2) is 14.2 Å². The third-order valence-corrected chi connectivity index (χ3v) is 3.17. The zero-order valence-corrected chi connectivity index (χ0v) is 11.0. The Labute approximate surface area is 116 Å². The van der Waals surface area contributed by atoms with E-state index in [-0.39, 0.29) is 0 Å². The molecule has 0 aliphatic carbocycles. The number of nitrogens with one attached hydrogen (secondary N) is 1. The summed E-state index contributed by atoms with van der Waals surface area (Å²) in [6.07, 6.45) is -0.411. The van der Waals surface area contributed by atoms with Crippen molar-refractivity contribution in [2.75, 3.05) is 7.11 Å². The fourth-order valence-electron chi connectivity index (χ4n) is 2.17. The van der Waals surface area contributed by atoms with E-state index in [9.17, 15) is 8.78 Å². The number of hydrogen-bond donors (Lipinski definition) is 2. The van der Waals surface area contributed by atoms with Gasteiger partial charge < -0.3 is 4.74 Å². The number of benzene rings is 2. The number of halogens is 2. The lowest BCUT2D eigenvalue weighted by molar-refractivity contribution is 0.0675. The number of ether oxygens (including phenoxy) is 1. The molecule has 0 amide bonds. The van der Waals surface area contributed by atoms with Gasteiger partial charge in [-0.2, -0.15) is 0 Å². The van der Waals surface area contributed by atoms with Gasteiger partial charge in [0.05, 0.1) is 6.04 Å². The van der Waals surface area contributed by atoms with E-state index >= 15 is 0 Å². The van der Waals surface area contributed by atoms with Crippen LogP contribution in [0.15, 0.2) is 48.5 Å². The summed E-state index contributed by atoms with van der Waals surface area (Å²) in [5.41, 5.74) is 4.01. The molecule has 0 spiro atoms. The zero-order valence-electron chi connectivity index (χ0n) is 11.0. The fourth-order valence-corrected chi connectivity index (χ4v) is 2.17. The van der Waals surface area contributed by atoms with Gasteiger partial charge in [0.1, 0.15) is 6.10 Å². The third-order valence-electron chi connectivity index (χ3n) is 3.17. The van der Waals surface area contributed by atoms with E-state index in [1.54, 1.807) is 7.11 Å². The summed E-state index contributed by atoms with van der Waals surface area (Å²) < 4.78 is 31.8. The standard InChI is InChI=1S/C15H16F2N2O/c1-20-15(10-5-3-2-4-6-10)14(19-18)11-7-8-12(16)13(17)9-11/h2-9,14-15,19H,18H2,1H3. The minimum atomic E-state index is -0.911. The first-order valence-corrected chi connectivity index (χ1v) is 6.16. The predicted octanol–water partition coefficient (Wildman–Crippen LogP) is 2.86. The molecule has 0 heterocycles. The van der Waals surface area contributed by atoms with Crippen LogP contribution in [0.2, 0.25) is 0 Å². The van der Waals surface area contributed by atoms with Crippen LogP contribution in [-0.2, 0) is 4.74 Å². The minimum absolute atomic E-state index is 0.411. The summed E-state index contributed by atoms with van der Waals surface area (Å²) in [6, 6.07) is 12.6. The van der Waals surface area contributed by atoms with Crippen molar-refractivity contribution in [2.24, 2.45) is 5.84 Å². The largest absolute Gasteiger partial charge is 0.375 e. The molecule has 2 aromatic rings. The summed E-state index contributed by atoms with van der Waals surface area (Å²) in [4.78, 5) is 0. The Kier molecular flexibility index (Phi) is 4.79. The Morgan fingerprint density at radius 2 is 1.70 bits per heavy atom. The molecule has 2 rings (SSSR count). The first kappa shape index (κ1) is 14.6. The Morgan fingerprint density at radius 1 is 1.00 bits per heavy atom. The fraction of sp³-hybridized carbons (Fsp3) is 0.200. The summed E-state index contributed by atoms with van der Waals surface area (Å²) in [5.74, 6) is 3.76. The molecule has 0 saturated heterocycles. The summed E-state index contributed by atoms with van der Waals surface area (Å²) in [5, 5.41) is 0. The van der Waals surface area contributed by atoms with Crippen molar-refractivity contribution in [3.8, 4) is 0 Å². The van der Waals surface area contributed by atoms with Gasteiger partial charge in [0.15, 0.2) is 11.6 Å². The zero-order chi connectivity index (χ0) is 14.5. The van der Waals surface area contributed by atoms with E-state index in [4.69, 9.17) is 10.6 Å². The highest BCUT2D eigenvalue weighted by atomic mass is 19.2. The summed E-state index contributed by atoms with van der Waals surface area (Å²) in [6.45, 7) is 0. The van der Waals surface area contributed by atoms with Gasteiger partial charge in [-0.05, 0) is 23.3 Å². The molecule has 3 nitrogen and oxygen atoms in total. The van der Waals surface area contributed by atoms with Gasteiger partial charge in [-0.3, -0.25) is 5.84 Å². The van der Waals surface area contributed by atoms with E-state index in [0.29, 0.717) is 5.56 Å². The van der Waals surface area contributed by atoms with Crippen LogP contribution in [-0.4, -0.2) is 7.11 Å². The van der Waals surface area contributed by atoms with Crippen molar-refractivity contribution in [1.82, 2.24) is 5.43 Å². The van der Waals surface area contributed by atoms with Crippen LogP contribution in [0.4, 0.5) is 8.78 Å². The van der Waals surface area contributed by atoms with Crippen molar-refractivity contribution >= 4 is 0 Å². The number of rotatable bonds is 5. The van der Waals surface area contributed by atoms with E-state index < -0.39 is 23.8 Å². The lowest BCUT2D eigenvalue weighted by Crippen LogP contribution is -2.33. The van der Waals surface area contributed by atoms with Gasteiger partial charge >= 0.3 is 0 Å². The normalized spacial score (nSPS) is 14.0. The number of methoxy groups -OCH3 is 1. The van der Waals surface area contributed by atoms with Crippen LogP contribution in [0.3, 0.4) is 0 Å². The second kappa shape index (κ2) is 6.56. The van der Waals surface area contributed by atoms with Gasteiger partial charge in [-0.15, -0.1) is 0 Å². The minimum Gasteiger partial charge on any atom is -0.375 e. The van der Waals surface area contributed by atoms with Crippen molar-refractivity contribution < 1.29 is 13.5 Å². The average molecular weight is 278 g/mol. The van der Waals surface area contributed by atoms with Gasteiger partial charge in [0.2, 0.25) is 0 Å². The van der Waals surface area contributed by atoms with Crippen LogP contribution < -0.4 is 11.3 Å². The van der Waals surface area contributed by atoms with Gasteiger partial charge in [0, 0.05) is 7.11 Å². The molecule has 0 aliphatic heterocycles. The maximum absolute atomic E-state index is 13.4. The monoisotopic (exact) mass is 278 g/mol. The number of hydrogen-bond acceptors (Lipinski definition) is 3. The SMILES string of the molecule is COC(c1ccccc1)C(NN)c1ccc(F)c(F)c1. The lowest BCUT2D eigenvalue weighted by Gasteiger charge is -2.26. The topological polar surface area (TPSA) is 47.3 Å². The van der Waals surface area contributed by atoms with Gasteiger partial charge in [-0.1, -0.05) is 36.4 Å². The molecule has 0 aromatic heterocycles. The van der Waals surface area contributed by atoms with Crippen molar-refractivity contribution in [3.63, 3.8) is 0 Å². The van der Waals surface area contributed by atoms with Crippen LogP contribution in [0.25, 0.3) is 0 Å². The Hall–Kier alpha value is -1.82. The molecule has 2 atom stereocenters. The number of nitrogens with two attached hydrogens (primary N) is 1. The van der Waals surface area contributed by atoms with E-state index in [2.05, 4.69) is 5.43 Å². The molecule has 5 heteroatoms. The van der Waals surface area contributed by atoms with Crippen LogP contribution in [0.5, 0.6) is 0 Å². The molecular formula is C15H16F2N2O. The maximum Gasteiger partial charge on any atom is 0.159 e. The molecule has 0 aliphatic rings. The molecule has 0 bridgehead atoms. The smallest absolute Gasteiger partial charge is 0.159 e. The van der Waals surface area contributed by atoms with E-state index in [1.807, 2.05) is 30.3 Å². The molecule has 0 radical (unpaired) electrons. The second-order valence-electron chi connectivity index (χ2n) is 4.38. The Balaban J connectivity index is 2.36. The Morgan fingerprint density at radius 3 is 2.25 bits per heavy atom. The van der Waals surface area contributed by atoms with Gasteiger partial charge in [0.25, 0.3) is 0 Å². The van der Waals surface area contributed by atoms with E-state index in [1.165, 1.54) is 6.07 Å². The van der Waals surface area contributed by atoms with Crippen LogP contribution in [0, 0.1) is 11.6 Å². The molecule has 0 saturated carbocycles. The first-order valence-electron chi connectivity index (χ1n) is 6.16. The average Bonchev–Trinajstić information content (AvgIpc) is 2.48. The number of hydrazine groups is 1. The van der Waals surface area contributed by atoms with Crippen molar-refractivity contribution in [2.45, 2.75) is 12.1 Å². The quantitative estimate of drug-likeness (QED) is 0.653. The highest BCUT2D eigenvalue weighted by Gasteiger charge is 2.24. The maximum atomic E-state index is 13.4. The second-order valence-corrected chi connectivity index (χ2v) is 4.38. The molecule has 0 fully saturated rings. The van der Waals surface area contributed by atoms with E-state index in [0.717, 1.165) is 17.7 Å². The van der Waals surface area contributed by atoms with Crippen LogP contribution >= 0.6 is 0 Å². The molecule has 106 valence electrons. The van der Waals surface area contributed by atoms with Crippen molar-refractivity contribution in [1.29, 1.82) is 0 Å². The third kappa shape index (κ3) is 3.01. The summed E-state index contributed by atoms with van der Waals surface area (Å²) >= 11 is 0. The lowest BCUT2D eigenvalue weighted by atomic mass is 9.96. The Bertz CT molecular complexity index is 563. The molecule has 3 N–H and O–H groups in total. The predicted molar refractivity (Wildman–Crippen MR) is 72.6 cm³/mol. The summed E-state index contributed by atoms with van der Waals surface area (Å²) in [7, 11) is 1.54. The highest BCUT2D eigenvalue weighted by molar-refractivity contribution is 5.27. The van der Waals surface area contributed by atoms with Crippen LogP contribution in [0.1, 0.15) is 23.3 Å². The molecule has 2 aromatic carbocycles.